The fourth-order valence-electron chi connectivity index (χ4n) is 2.79. The molecule has 0 atom stereocenters. The molecule has 1 N–H and O–H groups in total. The molecule has 0 radical (unpaired) electrons. The van der Waals surface area contributed by atoms with Crippen molar-refractivity contribution < 1.29 is 12.8 Å². The lowest BCUT2D eigenvalue weighted by molar-refractivity contribution is 0.601. The van der Waals surface area contributed by atoms with Crippen LogP contribution in [-0.4, -0.2) is 29.4 Å². The first-order valence-electron chi connectivity index (χ1n) is 8.32. The molecule has 0 aliphatic carbocycles. The van der Waals surface area contributed by atoms with Crippen molar-refractivity contribution in [2.24, 2.45) is 0 Å². The summed E-state index contributed by atoms with van der Waals surface area (Å²) in [4.78, 5) is 4.14. The van der Waals surface area contributed by atoms with E-state index in [1.807, 2.05) is 12.2 Å². The molecule has 0 bridgehead atoms. The first-order chi connectivity index (χ1) is 13.4. The van der Waals surface area contributed by atoms with Gasteiger partial charge in [0.2, 0.25) is 0 Å². The van der Waals surface area contributed by atoms with Crippen LogP contribution in [-0.2, 0) is 9.84 Å². The number of nitrogens with one attached hydrogen (secondary N) is 1. The van der Waals surface area contributed by atoms with Gasteiger partial charge in [-0.05, 0) is 42.5 Å². The molecule has 2 aromatic heterocycles. The molecule has 0 fully saturated rings. The summed E-state index contributed by atoms with van der Waals surface area (Å²) < 4.78 is 38.8. The van der Waals surface area contributed by atoms with Crippen molar-refractivity contribution in [3.8, 4) is 5.69 Å². The third-order valence-electron chi connectivity index (χ3n) is 4.12. The van der Waals surface area contributed by atoms with Crippen LogP contribution in [0.25, 0.3) is 11.4 Å². The normalized spacial score (nSPS) is 13.9. The predicted octanol–water partition coefficient (Wildman–Crippen LogP) is 2.69. The predicted molar refractivity (Wildman–Crippen MR) is 104 cm³/mol. The van der Waals surface area contributed by atoms with Crippen LogP contribution in [0.15, 0.2) is 78.2 Å². The summed E-state index contributed by atoms with van der Waals surface area (Å²) in [5.41, 5.74) is 5.76. The lowest BCUT2D eigenvalue weighted by atomic mass is 10.2. The number of benzene rings is 1. The van der Waals surface area contributed by atoms with Gasteiger partial charge < -0.3 is 0 Å². The molecule has 1 aromatic carbocycles. The van der Waals surface area contributed by atoms with Crippen LogP contribution in [0.2, 0.25) is 0 Å². The van der Waals surface area contributed by atoms with E-state index in [-0.39, 0.29) is 10.7 Å². The zero-order valence-corrected chi connectivity index (χ0v) is 15.6. The molecule has 0 saturated carbocycles. The Bertz CT molecular complexity index is 1200. The summed E-state index contributed by atoms with van der Waals surface area (Å²) in [5, 5.41) is 5.93. The van der Waals surface area contributed by atoms with Gasteiger partial charge in [0.1, 0.15) is 5.82 Å². The molecular weight excluding hydrogens is 381 g/mol. The molecule has 0 amide bonds. The molecule has 7 nitrogen and oxygen atoms in total. The number of rotatable bonds is 4. The fourth-order valence-corrected chi connectivity index (χ4v) is 3.37. The van der Waals surface area contributed by atoms with Gasteiger partial charge in [0, 0.05) is 18.7 Å². The Labute approximate surface area is 161 Å². The van der Waals surface area contributed by atoms with Crippen molar-refractivity contribution in [3.63, 3.8) is 0 Å². The second-order valence-electron chi connectivity index (χ2n) is 6.16. The highest BCUT2D eigenvalue weighted by atomic mass is 32.2. The number of halogens is 1. The van der Waals surface area contributed by atoms with Gasteiger partial charge in [0.05, 0.1) is 40.1 Å². The Hall–Kier alpha value is -3.46. The largest absolute Gasteiger partial charge is 0.292 e. The Balaban J connectivity index is 1.66. The van der Waals surface area contributed by atoms with Crippen molar-refractivity contribution in [2.75, 3.05) is 11.3 Å². The minimum absolute atomic E-state index is 0.126. The van der Waals surface area contributed by atoms with Crippen LogP contribution in [0.3, 0.4) is 0 Å². The van der Waals surface area contributed by atoms with E-state index in [1.165, 1.54) is 24.4 Å². The summed E-state index contributed by atoms with van der Waals surface area (Å²) in [6, 6.07) is 9.48. The van der Waals surface area contributed by atoms with Gasteiger partial charge in [0.15, 0.2) is 9.84 Å². The molecule has 1 aliphatic rings. The van der Waals surface area contributed by atoms with Crippen LogP contribution >= 0.6 is 0 Å². The second-order valence-corrected chi connectivity index (χ2v) is 8.18. The van der Waals surface area contributed by atoms with Crippen LogP contribution < -0.4 is 10.4 Å². The van der Waals surface area contributed by atoms with Gasteiger partial charge in [-0.15, -0.1) is 0 Å². The van der Waals surface area contributed by atoms with Crippen molar-refractivity contribution in [1.82, 2.24) is 20.2 Å². The number of hydrazine groups is 1. The summed E-state index contributed by atoms with van der Waals surface area (Å²) in [6.07, 6.45) is 11.0. The first-order valence-corrected chi connectivity index (χ1v) is 10.2. The number of hydrogen-bond donors (Lipinski definition) is 1. The number of anilines is 1. The molecule has 142 valence electrons. The lowest BCUT2D eigenvalue weighted by Crippen LogP contribution is -2.34. The Kier molecular flexibility index (Phi) is 4.44. The first kappa shape index (κ1) is 17.9. The quantitative estimate of drug-likeness (QED) is 0.729. The van der Waals surface area contributed by atoms with Gasteiger partial charge in [-0.3, -0.25) is 15.4 Å². The second kappa shape index (κ2) is 6.93. The number of pyridine rings is 1. The Morgan fingerprint density at radius 3 is 2.75 bits per heavy atom. The van der Waals surface area contributed by atoms with E-state index in [4.69, 9.17) is 0 Å². The van der Waals surface area contributed by atoms with Crippen molar-refractivity contribution >= 4 is 21.2 Å². The number of hydrogen-bond acceptors (Lipinski definition) is 6. The molecule has 3 aromatic rings. The number of nitrogens with zero attached hydrogens (tertiary/aromatic N) is 4. The third-order valence-corrected chi connectivity index (χ3v) is 5.19. The average molecular weight is 397 g/mol. The minimum Gasteiger partial charge on any atom is -0.292 e. The highest BCUT2D eigenvalue weighted by Crippen LogP contribution is 2.23. The Morgan fingerprint density at radius 2 is 1.96 bits per heavy atom. The monoisotopic (exact) mass is 397 g/mol. The van der Waals surface area contributed by atoms with E-state index < -0.39 is 9.84 Å². The maximum atomic E-state index is 13.6. The van der Waals surface area contributed by atoms with Gasteiger partial charge in [-0.1, -0.05) is 6.07 Å². The van der Waals surface area contributed by atoms with Crippen LogP contribution in [0, 0.1) is 5.82 Å². The van der Waals surface area contributed by atoms with Crippen molar-refractivity contribution in [2.45, 2.75) is 4.90 Å². The third kappa shape index (κ3) is 3.52. The molecule has 0 spiro atoms. The van der Waals surface area contributed by atoms with E-state index in [0.29, 0.717) is 22.8 Å². The van der Waals surface area contributed by atoms with E-state index in [2.05, 4.69) is 15.5 Å². The van der Waals surface area contributed by atoms with Crippen LogP contribution in [0.4, 0.5) is 10.1 Å². The lowest BCUT2D eigenvalue weighted by Gasteiger charge is -2.27. The van der Waals surface area contributed by atoms with Crippen molar-refractivity contribution in [3.05, 3.63) is 84.9 Å². The van der Waals surface area contributed by atoms with E-state index in [9.17, 15) is 12.8 Å². The molecule has 9 heteroatoms. The smallest absolute Gasteiger partial charge is 0.177 e. The van der Waals surface area contributed by atoms with Crippen LogP contribution in [0.5, 0.6) is 0 Å². The summed E-state index contributed by atoms with van der Waals surface area (Å²) in [5.74, 6) is -0.352. The zero-order valence-electron chi connectivity index (χ0n) is 14.8. The van der Waals surface area contributed by atoms with E-state index >= 15 is 0 Å². The molecule has 0 saturated heterocycles. The van der Waals surface area contributed by atoms with Crippen molar-refractivity contribution in [1.29, 1.82) is 0 Å². The Morgan fingerprint density at radius 1 is 1.11 bits per heavy atom. The topological polar surface area (TPSA) is 80.1 Å². The number of allylic oxidation sites excluding steroid dienone is 2. The van der Waals surface area contributed by atoms with Gasteiger partial charge in [-0.2, -0.15) is 5.10 Å². The van der Waals surface area contributed by atoms with Crippen LogP contribution in [0.1, 0.15) is 5.69 Å². The zero-order chi connectivity index (χ0) is 19.7. The minimum atomic E-state index is -3.37. The molecular formula is C19H16FN5O2S. The molecule has 3 heterocycles. The average Bonchev–Trinajstić information content (AvgIpc) is 3.17. The summed E-state index contributed by atoms with van der Waals surface area (Å²) in [7, 11) is -3.37. The van der Waals surface area contributed by atoms with Gasteiger partial charge >= 0.3 is 0 Å². The standard InChI is InChI=1S/C19H16FN5O2S/c1-28(26,27)17-11-16(12-21-13-17)24-9-3-6-18(23-24)19-7-8-22-25(19)15-5-2-4-14(20)10-15/h2-13,23H,1H3. The fraction of sp³-hybridized carbons (Fsp3) is 0.0526. The molecule has 4 rings (SSSR count). The highest BCUT2D eigenvalue weighted by molar-refractivity contribution is 7.90. The highest BCUT2D eigenvalue weighted by Gasteiger charge is 2.17. The maximum absolute atomic E-state index is 13.6. The van der Waals surface area contributed by atoms with Gasteiger partial charge in [-0.25, -0.2) is 17.5 Å². The van der Waals surface area contributed by atoms with E-state index in [1.54, 1.807) is 46.5 Å². The van der Waals surface area contributed by atoms with Gasteiger partial charge in [0.25, 0.3) is 0 Å². The molecule has 1 aliphatic heterocycles. The molecule has 0 unspecified atom stereocenters. The summed E-state index contributed by atoms with van der Waals surface area (Å²) >= 11 is 0. The molecule has 28 heavy (non-hydrogen) atoms. The number of aromatic nitrogens is 3. The SMILES string of the molecule is CS(=O)(=O)c1cncc(N2C=CC=C(c3ccnn3-c3cccc(F)c3)N2)c1. The maximum Gasteiger partial charge on any atom is 0.177 e. The van der Waals surface area contributed by atoms with E-state index in [0.717, 1.165) is 6.26 Å². The number of sulfone groups is 1. The summed E-state index contributed by atoms with van der Waals surface area (Å²) in [6.45, 7) is 0.